The highest BCUT2D eigenvalue weighted by atomic mass is 14.1. The highest BCUT2D eigenvalue weighted by Gasteiger charge is 2.05. The Balaban J connectivity index is 0.000000791. The summed E-state index contributed by atoms with van der Waals surface area (Å²) in [7, 11) is 0. The zero-order chi connectivity index (χ0) is 11.1. The summed E-state index contributed by atoms with van der Waals surface area (Å²) in [6.45, 7) is 14.3. The third-order valence-corrected chi connectivity index (χ3v) is 2.14. The van der Waals surface area contributed by atoms with Crippen LogP contribution >= 0.6 is 0 Å². The van der Waals surface area contributed by atoms with Gasteiger partial charge in [-0.25, -0.2) is 0 Å². The van der Waals surface area contributed by atoms with E-state index in [1.54, 1.807) is 0 Å². The number of allylic oxidation sites excluding steroid dienone is 7. The molecule has 0 aromatic heterocycles. The SMILES string of the molecule is C=C(C)C1=C(C)C=CCC=C1C.CC. The van der Waals surface area contributed by atoms with E-state index in [0.29, 0.717) is 0 Å². The lowest BCUT2D eigenvalue weighted by atomic mass is 9.97. The van der Waals surface area contributed by atoms with E-state index in [4.69, 9.17) is 0 Å². The van der Waals surface area contributed by atoms with Crippen molar-refractivity contribution in [3.8, 4) is 0 Å². The Morgan fingerprint density at radius 3 is 2.36 bits per heavy atom. The minimum atomic E-state index is 1.04. The summed E-state index contributed by atoms with van der Waals surface area (Å²) in [5, 5.41) is 0. The highest BCUT2D eigenvalue weighted by molar-refractivity contribution is 5.50. The summed E-state index contributed by atoms with van der Waals surface area (Å²) in [6, 6.07) is 0. The van der Waals surface area contributed by atoms with Crippen LogP contribution in [-0.2, 0) is 0 Å². The molecule has 0 spiro atoms. The minimum Gasteiger partial charge on any atom is -0.0955 e. The number of rotatable bonds is 1. The highest BCUT2D eigenvalue weighted by Crippen LogP contribution is 2.24. The Labute approximate surface area is 88.7 Å². The molecule has 0 heterocycles. The molecule has 0 amide bonds. The van der Waals surface area contributed by atoms with E-state index in [1.807, 2.05) is 13.8 Å². The van der Waals surface area contributed by atoms with Crippen LogP contribution in [-0.4, -0.2) is 0 Å². The first kappa shape index (κ1) is 13.0. The van der Waals surface area contributed by atoms with Gasteiger partial charge in [0.2, 0.25) is 0 Å². The van der Waals surface area contributed by atoms with Crippen LogP contribution in [0.3, 0.4) is 0 Å². The van der Waals surface area contributed by atoms with Gasteiger partial charge in [-0.2, -0.15) is 0 Å². The van der Waals surface area contributed by atoms with Crippen molar-refractivity contribution in [2.24, 2.45) is 0 Å². The zero-order valence-electron chi connectivity index (χ0n) is 10.1. The van der Waals surface area contributed by atoms with Gasteiger partial charge in [-0.15, -0.1) is 0 Å². The van der Waals surface area contributed by atoms with E-state index >= 15 is 0 Å². The van der Waals surface area contributed by atoms with Crippen molar-refractivity contribution >= 4 is 0 Å². The molecule has 1 aliphatic rings. The van der Waals surface area contributed by atoms with E-state index in [0.717, 1.165) is 12.0 Å². The largest absolute Gasteiger partial charge is 0.0955 e. The first-order chi connectivity index (χ1) is 6.63. The Bertz CT molecular complexity index is 285. The topological polar surface area (TPSA) is 0 Å². The van der Waals surface area contributed by atoms with Crippen LogP contribution in [0.25, 0.3) is 0 Å². The van der Waals surface area contributed by atoms with Crippen LogP contribution in [0.5, 0.6) is 0 Å². The first-order valence-electron chi connectivity index (χ1n) is 5.33. The molecule has 0 aromatic carbocycles. The van der Waals surface area contributed by atoms with Crippen LogP contribution in [0.1, 0.15) is 41.0 Å². The van der Waals surface area contributed by atoms with Crippen molar-refractivity contribution in [3.63, 3.8) is 0 Å². The molecule has 0 heteroatoms. The van der Waals surface area contributed by atoms with E-state index in [9.17, 15) is 0 Å². The fourth-order valence-corrected chi connectivity index (χ4v) is 1.66. The molecule has 0 saturated carbocycles. The summed E-state index contributed by atoms with van der Waals surface area (Å²) in [6.07, 6.45) is 7.66. The van der Waals surface area contributed by atoms with Crippen LogP contribution < -0.4 is 0 Å². The number of hydrogen-bond acceptors (Lipinski definition) is 0. The molecule has 1 rings (SSSR count). The van der Waals surface area contributed by atoms with Gasteiger partial charge in [-0.1, -0.05) is 44.2 Å². The summed E-state index contributed by atoms with van der Waals surface area (Å²) in [4.78, 5) is 0. The maximum Gasteiger partial charge on any atom is -0.0160 e. The van der Waals surface area contributed by atoms with Gasteiger partial charge in [0.15, 0.2) is 0 Å². The minimum absolute atomic E-state index is 1.04. The van der Waals surface area contributed by atoms with Crippen LogP contribution in [0, 0.1) is 0 Å². The molecular weight excluding hydrogens is 168 g/mol. The summed E-state index contributed by atoms with van der Waals surface area (Å²) in [5.74, 6) is 0. The standard InChI is InChI=1S/C12H16.C2H6/c1-9(2)12-10(3)7-5-6-8-11(12)4;1-2/h5,7-8H,1,6H2,2-4H3;1-2H3. The lowest BCUT2D eigenvalue weighted by Gasteiger charge is -2.08. The van der Waals surface area contributed by atoms with Gasteiger partial charge in [0.25, 0.3) is 0 Å². The van der Waals surface area contributed by atoms with Crippen molar-refractivity contribution in [1.29, 1.82) is 0 Å². The molecule has 0 aromatic rings. The maximum atomic E-state index is 3.99. The Kier molecular flexibility index (Phi) is 5.94. The second-order valence-corrected chi connectivity index (χ2v) is 3.36. The second kappa shape index (κ2) is 6.42. The first-order valence-corrected chi connectivity index (χ1v) is 5.33. The predicted molar refractivity (Wildman–Crippen MR) is 66.4 cm³/mol. The summed E-state index contributed by atoms with van der Waals surface area (Å²) >= 11 is 0. The molecule has 78 valence electrons. The predicted octanol–water partition coefficient (Wildman–Crippen LogP) is 4.81. The van der Waals surface area contributed by atoms with E-state index < -0.39 is 0 Å². The average molecular weight is 190 g/mol. The summed E-state index contributed by atoms with van der Waals surface area (Å²) in [5.41, 5.74) is 5.16. The molecule has 14 heavy (non-hydrogen) atoms. The fraction of sp³-hybridized carbons (Fsp3) is 0.429. The van der Waals surface area contributed by atoms with Crippen molar-refractivity contribution in [2.75, 3.05) is 0 Å². The van der Waals surface area contributed by atoms with Gasteiger partial charge in [0, 0.05) is 0 Å². The third kappa shape index (κ3) is 3.37. The Hall–Kier alpha value is -1.04. The monoisotopic (exact) mass is 190 g/mol. The Morgan fingerprint density at radius 1 is 1.29 bits per heavy atom. The van der Waals surface area contributed by atoms with E-state index in [1.165, 1.54) is 16.7 Å². The molecule has 0 aliphatic heterocycles. The molecule has 0 nitrogen and oxygen atoms in total. The molecule has 0 atom stereocenters. The van der Waals surface area contributed by atoms with Crippen molar-refractivity contribution < 1.29 is 0 Å². The van der Waals surface area contributed by atoms with Crippen LogP contribution in [0.15, 0.2) is 47.1 Å². The van der Waals surface area contributed by atoms with Gasteiger partial charge >= 0.3 is 0 Å². The van der Waals surface area contributed by atoms with Crippen molar-refractivity contribution in [3.05, 3.63) is 47.1 Å². The van der Waals surface area contributed by atoms with Gasteiger partial charge in [-0.3, -0.25) is 0 Å². The molecule has 0 bridgehead atoms. The zero-order valence-corrected chi connectivity index (χ0v) is 10.1. The van der Waals surface area contributed by atoms with Gasteiger partial charge < -0.3 is 0 Å². The van der Waals surface area contributed by atoms with Gasteiger partial charge in [-0.05, 0) is 43.9 Å². The third-order valence-electron chi connectivity index (χ3n) is 2.14. The van der Waals surface area contributed by atoms with E-state index in [2.05, 4.69) is 45.6 Å². The summed E-state index contributed by atoms with van der Waals surface area (Å²) < 4.78 is 0. The molecule has 0 unspecified atom stereocenters. The molecular formula is C14H22. The van der Waals surface area contributed by atoms with E-state index in [-0.39, 0.29) is 0 Å². The molecule has 0 saturated heterocycles. The lowest BCUT2D eigenvalue weighted by molar-refractivity contribution is 1.26. The normalized spacial score (nSPS) is 15.4. The second-order valence-electron chi connectivity index (χ2n) is 3.36. The van der Waals surface area contributed by atoms with Crippen molar-refractivity contribution in [2.45, 2.75) is 41.0 Å². The molecule has 0 radical (unpaired) electrons. The fourth-order valence-electron chi connectivity index (χ4n) is 1.66. The van der Waals surface area contributed by atoms with Crippen molar-refractivity contribution in [1.82, 2.24) is 0 Å². The molecule has 0 N–H and O–H groups in total. The number of hydrogen-bond donors (Lipinski definition) is 0. The van der Waals surface area contributed by atoms with Crippen LogP contribution in [0.2, 0.25) is 0 Å². The van der Waals surface area contributed by atoms with Gasteiger partial charge in [0.05, 0.1) is 0 Å². The quantitative estimate of drug-likeness (QED) is 0.556. The molecule has 0 fully saturated rings. The lowest BCUT2D eigenvalue weighted by Crippen LogP contribution is -1.89. The molecule has 1 aliphatic carbocycles. The smallest absolute Gasteiger partial charge is 0.0160 e. The van der Waals surface area contributed by atoms with Crippen LogP contribution in [0.4, 0.5) is 0 Å². The Morgan fingerprint density at radius 2 is 1.86 bits per heavy atom. The maximum absolute atomic E-state index is 3.99. The van der Waals surface area contributed by atoms with Gasteiger partial charge in [0.1, 0.15) is 0 Å². The average Bonchev–Trinajstić information content (AvgIpc) is 2.30.